The van der Waals surface area contributed by atoms with Gasteiger partial charge in [0.25, 0.3) is 5.91 Å². The Hall–Kier alpha value is -2.78. The Labute approximate surface area is 160 Å². The second-order valence-corrected chi connectivity index (χ2v) is 5.99. The minimum atomic E-state index is -4.79. The van der Waals surface area contributed by atoms with Crippen molar-refractivity contribution < 1.29 is 37.0 Å². The lowest BCUT2D eigenvalue weighted by Gasteiger charge is -2.14. The Morgan fingerprint density at radius 3 is 2.29 bits per heavy atom. The van der Waals surface area contributed by atoms with Gasteiger partial charge in [0.05, 0.1) is 0 Å². The summed E-state index contributed by atoms with van der Waals surface area (Å²) in [6, 6.07) is 4.59. The SMILES string of the molecule is CC(=O)NCCCCCC(=O)OC(C)C(=O)Nc1ccc(OC(F)(F)F)cc1. The van der Waals surface area contributed by atoms with Crippen LogP contribution in [-0.4, -0.2) is 36.8 Å². The number of amides is 2. The van der Waals surface area contributed by atoms with Crippen molar-refractivity contribution in [1.29, 1.82) is 0 Å². The molecule has 0 heterocycles. The topological polar surface area (TPSA) is 93.7 Å². The van der Waals surface area contributed by atoms with E-state index in [-0.39, 0.29) is 18.0 Å². The number of unbranched alkanes of at least 4 members (excludes halogenated alkanes) is 2. The van der Waals surface area contributed by atoms with Crippen LogP contribution in [0.25, 0.3) is 0 Å². The molecule has 156 valence electrons. The molecule has 0 bridgehead atoms. The summed E-state index contributed by atoms with van der Waals surface area (Å²) in [7, 11) is 0. The summed E-state index contributed by atoms with van der Waals surface area (Å²) in [5, 5.41) is 5.09. The number of hydrogen-bond acceptors (Lipinski definition) is 5. The second-order valence-electron chi connectivity index (χ2n) is 5.99. The number of alkyl halides is 3. The summed E-state index contributed by atoms with van der Waals surface area (Å²) in [4.78, 5) is 34.4. The maximum Gasteiger partial charge on any atom is 0.573 e. The van der Waals surface area contributed by atoms with E-state index in [9.17, 15) is 27.6 Å². The highest BCUT2D eigenvalue weighted by Gasteiger charge is 2.31. The van der Waals surface area contributed by atoms with Crippen molar-refractivity contribution >= 4 is 23.5 Å². The number of nitrogens with one attached hydrogen (secondary N) is 2. The van der Waals surface area contributed by atoms with E-state index >= 15 is 0 Å². The molecule has 28 heavy (non-hydrogen) atoms. The van der Waals surface area contributed by atoms with E-state index in [4.69, 9.17) is 4.74 Å². The lowest BCUT2D eigenvalue weighted by molar-refractivity contribution is -0.274. The number of carbonyl (C=O) groups excluding carboxylic acids is 3. The average molecular weight is 404 g/mol. The van der Waals surface area contributed by atoms with Crippen LogP contribution < -0.4 is 15.4 Å². The molecule has 2 amide bonds. The van der Waals surface area contributed by atoms with E-state index in [2.05, 4.69) is 15.4 Å². The van der Waals surface area contributed by atoms with Crippen molar-refractivity contribution in [3.8, 4) is 5.75 Å². The molecule has 7 nitrogen and oxygen atoms in total. The Bertz CT molecular complexity index is 662. The maximum absolute atomic E-state index is 12.1. The normalized spacial score (nSPS) is 12.0. The van der Waals surface area contributed by atoms with Gasteiger partial charge in [-0.1, -0.05) is 6.42 Å². The Morgan fingerprint density at radius 1 is 1.07 bits per heavy atom. The molecule has 1 aromatic rings. The van der Waals surface area contributed by atoms with Crippen LogP contribution in [0.5, 0.6) is 5.75 Å². The van der Waals surface area contributed by atoms with Gasteiger partial charge in [-0.2, -0.15) is 0 Å². The third-order valence-electron chi connectivity index (χ3n) is 3.46. The lowest BCUT2D eigenvalue weighted by atomic mass is 10.2. The Balaban J connectivity index is 2.32. The van der Waals surface area contributed by atoms with Crippen LogP contribution in [0.15, 0.2) is 24.3 Å². The number of rotatable bonds is 10. The fourth-order valence-corrected chi connectivity index (χ4v) is 2.13. The molecule has 0 aliphatic carbocycles. The second kappa shape index (κ2) is 11.2. The first-order valence-corrected chi connectivity index (χ1v) is 8.67. The third kappa shape index (κ3) is 10.4. The average Bonchev–Trinajstić information content (AvgIpc) is 2.58. The smallest absolute Gasteiger partial charge is 0.453 e. The van der Waals surface area contributed by atoms with Crippen molar-refractivity contribution in [1.82, 2.24) is 5.32 Å². The van der Waals surface area contributed by atoms with Crippen LogP contribution in [0, 0.1) is 0 Å². The highest BCUT2D eigenvalue weighted by molar-refractivity contribution is 5.95. The van der Waals surface area contributed by atoms with Gasteiger partial charge >= 0.3 is 12.3 Å². The highest BCUT2D eigenvalue weighted by atomic mass is 19.4. The van der Waals surface area contributed by atoms with E-state index in [1.807, 2.05) is 0 Å². The number of anilines is 1. The van der Waals surface area contributed by atoms with Crippen molar-refractivity contribution in [2.45, 2.75) is 52.0 Å². The largest absolute Gasteiger partial charge is 0.573 e. The summed E-state index contributed by atoms with van der Waals surface area (Å²) in [6.45, 7) is 3.36. The fourth-order valence-electron chi connectivity index (χ4n) is 2.13. The van der Waals surface area contributed by atoms with E-state index in [0.29, 0.717) is 13.0 Å². The zero-order chi connectivity index (χ0) is 21.2. The number of esters is 1. The predicted octanol–water partition coefficient (Wildman–Crippen LogP) is 3.15. The van der Waals surface area contributed by atoms with Gasteiger partial charge in [0.15, 0.2) is 6.10 Å². The molecule has 0 aliphatic rings. The van der Waals surface area contributed by atoms with Gasteiger partial charge in [-0.25, -0.2) is 0 Å². The molecular weight excluding hydrogens is 381 g/mol. The molecular formula is C18H23F3N2O5. The van der Waals surface area contributed by atoms with Crippen molar-refractivity contribution in [3.05, 3.63) is 24.3 Å². The first-order chi connectivity index (χ1) is 13.1. The quantitative estimate of drug-likeness (QED) is 0.462. The summed E-state index contributed by atoms with van der Waals surface area (Å²) in [5.74, 6) is -1.66. The molecule has 1 aromatic carbocycles. The van der Waals surface area contributed by atoms with Crippen molar-refractivity contribution in [3.63, 3.8) is 0 Å². The number of ether oxygens (including phenoxy) is 2. The number of carbonyl (C=O) groups is 3. The maximum atomic E-state index is 12.1. The summed E-state index contributed by atoms with van der Waals surface area (Å²) >= 11 is 0. The summed E-state index contributed by atoms with van der Waals surface area (Å²) in [6.07, 6.45) is -3.69. The van der Waals surface area contributed by atoms with Crippen LogP contribution in [-0.2, 0) is 19.1 Å². The highest BCUT2D eigenvalue weighted by Crippen LogP contribution is 2.24. The predicted molar refractivity (Wildman–Crippen MR) is 94.5 cm³/mol. The molecule has 0 aromatic heterocycles. The van der Waals surface area contributed by atoms with Gasteiger partial charge < -0.3 is 20.1 Å². The number of halogens is 3. The van der Waals surface area contributed by atoms with Gasteiger partial charge in [-0.05, 0) is 44.0 Å². The number of benzene rings is 1. The van der Waals surface area contributed by atoms with Gasteiger partial charge in [-0.15, -0.1) is 13.2 Å². The Morgan fingerprint density at radius 2 is 1.71 bits per heavy atom. The molecule has 2 N–H and O–H groups in total. The van der Waals surface area contributed by atoms with Gasteiger partial charge in [0.1, 0.15) is 5.75 Å². The van der Waals surface area contributed by atoms with E-state index in [0.717, 1.165) is 25.0 Å². The Kier molecular flexibility index (Phi) is 9.26. The van der Waals surface area contributed by atoms with Gasteiger partial charge in [-0.3, -0.25) is 14.4 Å². The molecule has 0 radical (unpaired) electrons. The minimum absolute atomic E-state index is 0.109. The lowest BCUT2D eigenvalue weighted by Crippen LogP contribution is -2.29. The van der Waals surface area contributed by atoms with Crippen LogP contribution in [0.4, 0.5) is 18.9 Å². The molecule has 0 saturated heterocycles. The van der Waals surface area contributed by atoms with Crippen LogP contribution in [0.3, 0.4) is 0 Å². The van der Waals surface area contributed by atoms with E-state index < -0.39 is 30.1 Å². The monoisotopic (exact) mass is 404 g/mol. The van der Waals surface area contributed by atoms with Crippen LogP contribution >= 0.6 is 0 Å². The fraction of sp³-hybridized carbons (Fsp3) is 0.500. The van der Waals surface area contributed by atoms with Gasteiger partial charge in [0, 0.05) is 25.6 Å². The molecule has 1 atom stereocenters. The minimum Gasteiger partial charge on any atom is -0.453 e. The van der Waals surface area contributed by atoms with Crippen molar-refractivity contribution in [2.75, 3.05) is 11.9 Å². The van der Waals surface area contributed by atoms with Crippen LogP contribution in [0.1, 0.15) is 39.5 Å². The standard InChI is InChI=1S/C18H23F3N2O5/c1-12(27-16(25)6-4-3-5-11-22-13(2)24)17(26)23-14-7-9-15(10-8-14)28-18(19,20)21/h7-10,12H,3-6,11H2,1-2H3,(H,22,24)(H,23,26). The van der Waals surface area contributed by atoms with E-state index in [1.165, 1.54) is 26.0 Å². The molecule has 10 heteroatoms. The summed E-state index contributed by atoms with van der Waals surface area (Å²) in [5.41, 5.74) is 0.236. The molecule has 0 aliphatic heterocycles. The molecule has 1 rings (SSSR count). The molecule has 1 unspecified atom stereocenters. The van der Waals surface area contributed by atoms with Crippen molar-refractivity contribution in [2.24, 2.45) is 0 Å². The molecule has 0 spiro atoms. The molecule has 0 fully saturated rings. The molecule has 0 saturated carbocycles. The first-order valence-electron chi connectivity index (χ1n) is 8.67. The van der Waals surface area contributed by atoms with Crippen LogP contribution in [0.2, 0.25) is 0 Å². The first kappa shape index (κ1) is 23.3. The number of hydrogen-bond donors (Lipinski definition) is 2. The van der Waals surface area contributed by atoms with Gasteiger partial charge in [0.2, 0.25) is 5.91 Å². The third-order valence-corrected chi connectivity index (χ3v) is 3.46. The zero-order valence-corrected chi connectivity index (χ0v) is 15.6. The van der Waals surface area contributed by atoms with E-state index in [1.54, 1.807) is 0 Å². The zero-order valence-electron chi connectivity index (χ0n) is 15.6. The summed E-state index contributed by atoms with van der Waals surface area (Å²) < 4.78 is 45.1.